The van der Waals surface area contributed by atoms with E-state index in [-0.39, 0.29) is 5.56 Å². The van der Waals surface area contributed by atoms with Crippen molar-refractivity contribution >= 4 is 27.8 Å². The molecule has 0 saturated heterocycles. The van der Waals surface area contributed by atoms with Crippen molar-refractivity contribution in [1.82, 2.24) is 3.93 Å². The van der Waals surface area contributed by atoms with Crippen molar-refractivity contribution < 1.29 is 23.0 Å². The molecule has 0 aliphatic rings. The summed E-state index contributed by atoms with van der Waals surface area (Å²) in [5, 5.41) is 9.02. The summed E-state index contributed by atoms with van der Waals surface area (Å²) in [5.74, 6) is -0.769. The van der Waals surface area contributed by atoms with E-state index in [1.54, 1.807) is 0 Å². The van der Waals surface area contributed by atoms with Gasteiger partial charge in [0, 0.05) is 0 Å². The Bertz CT molecular complexity index is 587. The van der Waals surface area contributed by atoms with Crippen LogP contribution in [0.5, 0.6) is 0 Å². The predicted octanol–water partition coefficient (Wildman–Crippen LogP) is 0.809. The van der Waals surface area contributed by atoms with Crippen LogP contribution in [-0.2, 0) is 14.8 Å². The van der Waals surface area contributed by atoms with Crippen molar-refractivity contribution in [3.8, 4) is 0 Å². The molecule has 1 rings (SSSR count). The Kier molecular flexibility index (Phi) is 4.09. The summed E-state index contributed by atoms with van der Waals surface area (Å²) in [6, 6.07) is 4.54. The summed E-state index contributed by atoms with van der Waals surface area (Å²) >= 11 is 5.04. The van der Waals surface area contributed by atoms with Crippen molar-refractivity contribution in [2.45, 2.75) is 4.90 Å². The lowest BCUT2D eigenvalue weighted by atomic mass is 10.2. The molecule has 0 amide bonds. The number of halogens is 1. The average molecular weight is 295 g/mol. The van der Waals surface area contributed by atoms with Gasteiger partial charge >= 0.3 is 16.0 Å². The molecule has 0 N–H and O–H groups in total. The number of methoxy groups -OCH3 is 1. The van der Waals surface area contributed by atoms with Gasteiger partial charge in [-0.15, -0.1) is 0 Å². The summed E-state index contributed by atoms with van der Waals surface area (Å²) in [7, 11) is -3.39. The van der Waals surface area contributed by atoms with Gasteiger partial charge in [-0.1, -0.05) is 6.07 Å². The predicted molar refractivity (Wildman–Crippen MR) is 59.7 cm³/mol. The number of carbonyl (C=O) groups excluding carboxylic acids is 1. The number of rotatable bonds is 4. The number of nitrogens with zero attached hydrogens (tertiary/aromatic N) is 2. The summed E-state index contributed by atoms with van der Waals surface area (Å²) in [5.41, 5.74) is -0.0630. The van der Waals surface area contributed by atoms with Crippen LogP contribution in [-0.4, -0.2) is 30.5 Å². The zero-order valence-corrected chi connectivity index (χ0v) is 10.5. The number of hydrogen-bond acceptors (Lipinski definition) is 6. The molecule has 0 aliphatic carbocycles. The minimum absolute atomic E-state index is 0.0630. The van der Waals surface area contributed by atoms with Gasteiger partial charge in [-0.25, -0.2) is 14.9 Å². The quantitative estimate of drug-likeness (QED) is 0.352. The molecule has 10 heteroatoms. The fourth-order valence-electron chi connectivity index (χ4n) is 1.08. The van der Waals surface area contributed by atoms with E-state index in [9.17, 15) is 23.3 Å². The standard InChI is InChI=1S/C8H7ClN2O6S/c1-17-8(12)6-3-2-4-7(5-6)18(15,16)10(9)11(13)14/h2-5H,1H3. The number of ether oxygens (including phenoxy) is 1. The number of hydrazine groups is 1. The largest absolute Gasteiger partial charge is 0.465 e. The normalized spacial score (nSPS) is 10.8. The van der Waals surface area contributed by atoms with Crippen molar-refractivity contribution in [2.24, 2.45) is 0 Å². The van der Waals surface area contributed by atoms with Crippen molar-refractivity contribution in [3.63, 3.8) is 0 Å². The first-order valence-electron chi connectivity index (χ1n) is 4.34. The molecule has 18 heavy (non-hydrogen) atoms. The van der Waals surface area contributed by atoms with Crippen LogP contribution in [0, 0.1) is 10.1 Å². The minimum atomic E-state index is -4.51. The molecular formula is C8H7ClN2O6S. The van der Waals surface area contributed by atoms with Crippen molar-refractivity contribution in [3.05, 3.63) is 39.9 Å². The van der Waals surface area contributed by atoms with Crippen LogP contribution in [0.3, 0.4) is 0 Å². The number of sulfonamides is 1. The van der Waals surface area contributed by atoms with Crippen LogP contribution >= 0.6 is 11.8 Å². The Morgan fingerprint density at radius 2 is 2.11 bits per heavy atom. The van der Waals surface area contributed by atoms with E-state index in [0.717, 1.165) is 19.2 Å². The first-order valence-corrected chi connectivity index (χ1v) is 6.12. The fourth-order valence-corrected chi connectivity index (χ4v) is 2.19. The van der Waals surface area contributed by atoms with Crippen LogP contribution in [0.15, 0.2) is 29.2 Å². The van der Waals surface area contributed by atoms with Crippen LogP contribution in [0.1, 0.15) is 10.4 Å². The van der Waals surface area contributed by atoms with Crippen LogP contribution in [0.25, 0.3) is 0 Å². The van der Waals surface area contributed by atoms with E-state index in [0.29, 0.717) is 0 Å². The van der Waals surface area contributed by atoms with Gasteiger partial charge in [0.1, 0.15) is 11.8 Å². The van der Waals surface area contributed by atoms with E-state index in [1.807, 2.05) is 0 Å². The summed E-state index contributed by atoms with van der Waals surface area (Å²) in [6.07, 6.45) is 0. The van der Waals surface area contributed by atoms with Crippen molar-refractivity contribution in [2.75, 3.05) is 7.11 Å². The lowest BCUT2D eigenvalue weighted by molar-refractivity contribution is -0.588. The van der Waals surface area contributed by atoms with E-state index >= 15 is 0 Å². The highest BCUT2D eigenvalue weighted by atomic mass is 35.5. The number of carbonyl (C=O) groups is 1. The van der Waals surface area contributed by atoms with Gasteiger partial charge in [0.25, 0.3) is 0 Å². The lowest BCUT2D eigenvalue weighted by Crippen LogP contribution is -2.27. The SMILES string of the molecule is COC(=O)c1cccc(S(=O)(=O)N(Cl)[N+](=O)[O-])c1. The minimum Gasteiger partial charge on any atom is -0.465 e. The average Bonchev–Trinajstić information content (AvgIpc) is 2.36. The Hall–Kier alpha value is -1.87. The molecule has 0 spiro atoms. The third-order valence-corrected chi connectivity index (χ3v) is 3.93. The molecule has 0 bridgehead atoms. The molecule has 0 unspecified atom stereocenters. The third-order valence-electron chi connectivity index (χ3n) is 1.88. The van der Waals surface area contributed by atoms with E-state index in [4.69, 9.17) is 11.8 Å². The second-order valence-electron chi connectivity index (χ2n) is 2.96. The molecule has 8 nitrogen and oxygen atoms in total. The molecule has 0 aliphatic heterocycles. The molecule has 0 radical (unpaired) electrons. The molecule has 0 saturated carbocycles. The molecule has 0 fully saturated rings. The molecule has 0 heterocycles. The van der Waals surface area contributed by atoms with E-state index < -0.39 is 29.9 Å². The highest BCUT2D eigenvalue weighted by Gasteiger charge is 2.32. The number of nitro groups is 1. The fraction of sp³-hybridized carbons (Fsp3) is 0.125. The van der Waals surface area contributed by atoms with Crippen LogP contribution in [0.2, 0.25) is 0 Å². The van der Waals surface area contributed by atoms with Gasteiger partial charge in [-0.3, -0.25) is 0 Å². The zero-order chi connectivity index (χ0) is 13.9. The highest BCUT2D eigenvalue weighted by Crippen LogP contribution is 2.19. The van der Waals surface area contributed by atoms with Gasteiger partial charge < -0.3 is 4.74 Å². The monoisotopic (exact) mass is 294 g/mol. The molecule has 1 aromatic rings. The Morgan fingerprint density at radius 1 is 1.50 bits per heavy atom. The Balaban J connectivity index is 3.26. The topological polar surface area (TPSA) is 107 Å². The molecule has 0 aromatic heterocycles. The first-order chi connectivity index (χ1) is 8.30. The van der Waals surface area contributed by atoms with Gasteiger partial charge in [0.15, 0.2) is 5.03 Å². The number of esters is 1. The highest BCUT2D eigenvalue weighted by molar-refractivity contribution is 7.89. The second kappa shape index (κ2) is 5.19. The Labute approximate surface area is 107 Å². The van der Waals surface area contributed by atoms with Gasteiger partial charge in [-0.05, 0) is 18.2 Å². The summed E-state index contributed by atoms with van der Waals surface area (Å²) in [6.45, 7) is 0. The van der Waals surface area contributed by atoms with Crippen molar-refractivity contribution in [1.29, 1.82) is 0 Å². The molecular weight excluding hydrogens is 288 g/mol. The maximum absolute atomic E-state index is 11.6. The summed E-state index contributed by atoms with van der Waals surface area (Å²) in [4.78, 5) is 21.0. The second-order valence-corrected chi connectivity index (χ2v) is 5.25. The number of hydrogen-bond donors (Lipinski definition) is 0. The summed E-state index contributed by atoms with van der Waals surface area (Å²) < 4.78 is 27.1. The van der Waals surface area contributed by atoms with Gasteiger partial charge in [-0.2, -0.15) is 8.42 Å². The van der Waals surface area contributed by atoms with E-state index in [2.05, 4.69) is 4.74 Å². The molecule has 0 atom stereocenters. The lowest BCUT2D eigenvalue weighted by Gasteiger charge is -2.07. The molecule has 1 aromatic carbocycles. The van der Waals surface area contributed by atoms with E-state index in [1.165, 1.54) is 12.1 Å². The maximum Gasteiger partial charge on any atom is 0.337 e. The molecule has 98 valence electrons. The van der Waals surface area contributed by atoms with Gasteiger partial charge in [0.2, 0.25) is 0 Å². The maximum atomic E-state index is 11.6. The first kappa shape index (κ1) is 14.2. The Morgan fingerprint density at radius 3 is 2.61 bits per heavy atom. The van der Waals surface area contributed by atoms with Gasteiger partial charge in [0.05, 0.1) is 21.5 Å². The third kappa shape index (κ3) is 2.68. The number of benzene rings is 1. The van der Waals surface area contributed by atoms with Crippen LogP contribution in [0.4, 0.5) is 0 Å². The smallest absolute Gasteiger partial charge is 0.337 e. The zero-order valence-electron chi connectivity index (χ0n) is 8.94. The van der Waals surface area contributed by atoms with Crippen LogP contribution < -0.4 is 0 Å².